The fourth-order valence-corrected chi connectivity index (χ4v) is 2.61. The van der Waals surface area contributed by atoms with Gasteiger partial charge in [-0.3, -0.25) is 9.78 Å². The first kappa shape index (κ1) is 12.6. The van der Waals surface area contributed by atoms with Gasteiger partial charge in [-0.25, -0.2) is 0 Å². The predicted octanol–water partition coefficient (Wildman–Crippen LogP) is 2.42. The largest absolute Gasteiger partial charge is 0.380 e. The van der Waals surface area contributed by atoms with Gasteiger partial charge in [-0.2, -0.15) is 0 Å². The van der Waals surface area contributed by atoms with E-state index in [0.717, 1.165) is 18.7 Å². The van der Waals surface area contributed by atoms with Crippen LogP contribution in [0, 0.1) is 0 Å². The number of aryl methyl sites for hydroxylation is 1. The van der Waals surface area contributed by atoms with Crippen molar-refractivity contribution in [2.75, 3.05) is 5.32 Å². The Morgan fingerprint density at radius 1 is 1.50 bits per heavy atom. The number of hydrogen-bond acceptors (Lipinski definition) is 4. The minimum atomic E-state index is -0.510. The quantitative estimate of drug-likeness (QED) is 0.868. The number of rotatable bonds is 5. The maximum Gasteiger partial charge on any atom is 0.267 e. The molecule has 0 saturated heterocycles. The minimum absolute atomic E-state index is 0.280. The van der Waals surface area contributed by atoms with E-state index in [4.69, 9.17) is 5.73 Å². The summed E-state index contributed by atoms with van der Waals surface area (Å²) in [4.78, 5) is 16.2. The van der Waals surface area contributed by atoms with Gasteiger partial charge in [0.05, 0.1) is 0 Å². The molecule has 0 aliphatic heterocycles. The number of amides is 1. The first-order chi connectivity index (χ1) is 8.70. The van der Waals surface area contributed by atoms with Crippen molar-refractivity contribution in [2.24, 2.45) is 5.73 Å². The Kier molecular flexibility index (Phi) is 3.94. The third-order valence-corrected chi connectivity index (χ3v) is 3.65. The van der Waals surface area contributed by atoms with Gasteiger partial charge in [0.15, 0.2) is 0 Å². The van der Waals surface area contributed by atoms with Crippen LogP contribution in [0.4, 0.5) is 5.69 Å². The van der Waals surface area contributed by atoms with E-state index in [1.54, 1.807) is 23.6 Å². The molecule has 1 amide bonds. The molecule has 0 aliphatic carbocycles. The number of hydrogen-bond donors (Lipinski definition) is 2. The number of thiophene rings is 1. The Balaban J connectivity index is 2.06. The molecular weight excluding hydrogens is 246 g/mol. The Hall–Kier alpha value is -1.88. The standard InChI is InChI=1S/C13H15N3OS/c1-2-9-4-6-18-12(9)8-16-10-3-5-15-11(7-10)13(14)17/h3-7H,2,8H2,1H3,(H2,14,17)(H,15,16). The Labute approximate surface area is 110 Å². The Bertz CT molecular complexity index is 551. The van der Waals surface area contributed by atoms with Crippen molar-refractivity contribution in [2.45, 2.75) is 19.9 Å². The molecule has 2 rings (SSSR count). The summed E-state index contributed by atoms with van der Waals surface area (Å²) >= 11 is 1.73. The second-order valence-electron chi connectivity index (χ2n) is 3.87. The van der Waals surface area contributed by atoms with E-state index in [1.165, 1.54) is 10.4 Å². The molecule has 0 unspecified atom stereocenters. The third kappa shape index (κ3) is 2.87. The number of nitrogens with zero attached hydrogens (tertiary/aromatic N) is 1. The molecule has 2 aromatic heterocycles. The van der Waals surface area contributed by atoms with E-state index in [-0.39, 0.29) is 5.69 Å². The summed E-state index contributed by atoms with van der Waals surface area (Å²) in [5.41, 5.74) is 7.69. The molecule has 2 heterocycles. The van der Waals surface area contributed by atoms with Gasteiger partial charge in [-0.05, 0) is 35.6 Å². The first-order valence-corrected chi connectivity index (χ1v) is 6.63. The minimum Gasteiger partial charge on any atom is -0.380 e. The lowest BCUT2D eigenvalue weighted by molar-refractivity contribution is 0.0995. The lowest BCUT2D eigenvalue weighted by Crippen LogP contribution is -2.13. The summed E-state index contributed by atoms with van der Waals surface area (Å²) in [5, 5.41) is 5.37. The highest BCUT2D eigenvalue weighted by Crippen LogP contribution is 2.19. The second kappa shape index (κ2) is 5.64. The van der Waals surface area contributed by atoms with Crippen LogP contribution < -0.4 is 11.1 Å². The highest BCUT2D eigenvalue weighted by Gasteiger charge is 2.05. The van der Waals surface area contributed by atoms with Crippen molar-refractivity contribution >= 4 is 22.9 Å². The molecule has 0 aromatic carbocycles. The first-order valence-electron chi connectivity index (χ1n) is 5.75. The topological polar surface area (TPSA) is 68.0 Å². The molecule has 0 bridgehead atoms. The fourth-order valence-electron chi connectivity index (χ4n) is 1.69. The molecule has 0 aliphatic rings. The zero-order chi connectivity index (χ0) is 13.0. The number of anilines is 1. The van der Waals surface area contributed by atoms with Gasteiger partial charge in [0.25, 0.3) is 5.91 Å². The summed E-state index contributed by atoms with van der Waals surface area (Å²) in [6.45, 7) is 2.90. The van der Waals surface area contributed by atoms with E-state index in [2.05, 4.69) is 28.7 Å². The van der Waals surface area contributed by atoms with Crippen LogP contribution in [0.3, 0.4) is 0 Å². The molecule has 2 aromatic rings. The van der Waals surface area contributed by atoms with Crippen LogP contribution in [-0.4, -0.2) is 10.9 Å². The molecule has 5 heteroatoms. The lowest BCUT2D eigenvalue weighted by atomic mass is 10.2. The zero-order valence-corrected chi connectivity index (χ0v) is 11.0. The number of aromatic nitrogens is 1. The van der Waals surface area contributed by atoms with E-state index in [0.29, 0.717) is 0 Å². The van der Waals surface area contributed by atoms with Crippen LogP contribution in [0.2, 0.25) is 0 Å². The smallest absolute Gasteiger partial charge is 0.267 e. The van der Waals surface area contributed by atoms with Gasteiger partial charge < -0.3 is 11.1 Å². The van der Waals surface area contributed by atoms with Gasteiger partial charge in [0.1, 0.15) is 5.69 Å². The molecule has 18 heavy (non-hydrogen) atoms. The molecule has 94 valence electrons. The van der Waals surface area contributed by atoms with Gasteiger partial charge in [-0.15, -0.1) is 11.3 Å². The monoisotopic (exact) mass is 261 g/mol. The fraction of sp³-hybridized carbons (Fsp3) is 0.231. The zero-order valence-electron chi connectivity index (χ0n) is 10.1. The van der Waals surface area contributed by atoms with Crippen LogP contribution in [0.1, 0.15) is 27.9 Å². The predicted molar refractivity (Wildman–Crippen MR) is 73.8 cm³/mol. The molecule has 4 nitrogen and oxygen atoms in total. The van der Waals surface area contributed by atoms with Crippen molar-refractivity contribution in [1.82, 2.24) is 4.98 Å². The van der Waals surface area contributed by atoms with Crippen molar-refractivity contribution in [1.29, 1.82) is 0 Å². The van der Waals surface area contributed by atoms with Crippen molar-refractivity contribution in [3.05, 3.63) is 45.9 Å². The number of carbonyl (C=O) groups excluding carboxylic acids is 1. The summed E-state index contributed by atoms with van der Waals surface area (Å²) in [5.74, 6) is -0.510. The van der Waals surface area contributed by atoms with Crippen LogP contribution in [-0.2, 0) is 13.0 Å². The van der Waals surface area contributed by atoms with Gasteiger partial charge in [0, 0.05) is 23.3 Å². The van der Waals surface area contributed by atoms with E-state index in [9.17, 15) is 4.79 Å². The number of nitrogens with one attached hydrogen (secondary N) is 1. The van der Waals surface area contributed by atoms with Crippen molar-refractivity contribution in [3.63, 3.8) is 0 Å². The van der Waals surface area contributed by atoms with Gasteiger partial charge in [-0.1, -0.05) is 6.92 Å². The lowest BCUT2D eigenvalue weighted by Gasteiger charge is -2.07. The van der Waals surface area contributed by atoms with Crippen molar-refractivity contribution < 1.29 is 4.79 Å². The van der Waals surface area contributed by atoms with Gasteiger partial charge in [0.2, 0.25) is 0 Å². The van der Waals surface area contributed by atoms with Crippen LogP contribution >= 0.6 is 11.3 Å². The van der Waals surface area contributed by atoms with Crippen LogP contribution in [0.25, 0.3) is 0 Å². The summed E-state index contributed by atoms with van der Waals surface area (Å²) in [6.07, 6.45) is 2.61. The van der Waals surface area contributed by atoms with Gasteiger partial charge >= 0.3 is 0 Å². The summed E-state index contributed by atoms with van der Waals surface area (Å²) in [6, 6.07) is 5.64. The number of nitrogens with two attached hydrogens (primary N) is 1. The van der Waals surface area contributed by atoms with E-state index < -0.39 is 5.91 Å². The second-order valence-corrected chi connectivity index (χ2v) is 4.87. The third-order valence-electron chi connectivity index (χ3n) is 2.68. The normalized spacial score (nSPS) is 10.3. The van der Waals surface area contributed by atoms with Crippen molar-refractivity contribution in [3.8, 4) is 0 Å². The maximum absolute atomic E-state index is 11.0. The average molecular weight is 261 g/mol. The molecule has 3 N–H and O–H groups in total. The number of carbonyl (C=O) groups is 1. The van der Waals surface area contributed by atoms with E-state index in [1.807, 2.05) is 6.07 Å². The van der Waals surface area contributed by atoms with Crippen LogP contribution in [0.15, 0.2) is 29.8 Å². The SMILES string of the molecule is CCc1ccsc1CNc1ccnc(C(N)=O)c1. The summed E-state index contributed by atoms with van der Waals surface area (Å²) in [7, 11) is 0. The highest BCUT2D eigenvalue weighted by atomic mass is 32.1. The molecule has 0 spiro atoms. The molecular formula is C13H15N3OS. The maximum atomic E-state index is 11.0. The van der Waals surface area contributed by atoms with E-state index >= 15 is 0 Å². The van der Waals surface area contributed by atoms with Crippen LogP contribution in [0.5, 0.6) is 0 Å². The Morgan fingerprint density at radius 3 is 3.06 bits per heavy atom. The number of primary amides is 1. The average Bonchev–Trinajstić information content (AvgIpc) is 2.84. The molecule has 0 radical (unpaired) electrons. The number of pyridine rings is 1. The Morgan fingerprint density at radius 2 is 2.33 bits per heavy atom. The molecule has 0 fully saturated rings. The molecule has 0 atom stereocenters. The molecule has 0 saturated carbocycles. The highest BCUT2D eigenvalue weighted by molar-refractivity contribution is 7.10. The summed E-state index contributed by atoms with van der Waals surface area (Å²) < 4.78 is 0.